The Labute approximate surface area is 200 Å². The van der Waals surface area contributed by atoms with E-state index in [1.54, 1.807) is 11.4 Å². The van der Waals surface area contributed by atoms with Crippen molar-refractivity contribution in [3.8, 4) is 17.3 Å². The molecule has 0 spiro atoms. The van der Waals surface area contributed by atoms with Gasteiger partial charge in [-0.3, -0.25) is 14.3 Å². The Hall–Kier alpha value is -3.78. The number of sulfonamides is 1. The molecule has 3 aromatic heterocycles. The smallest absolute Gasteiger partial charge is 0.493 e. The Balaban J connectivity index is 1.66. The molecule has 3 heterocycles. The number of nitrogens with zero attached hydrogens (tertiary/aromatic N) is 3. The predicted octanol–water partition coefficient (Wildman–Crippen LogP) is 3.86. The van der Waals surface area contributed by atoms with E-state index in [4.69, 9.17) is 0 Å². The van der Waals surface area contributed by atoms with Crippen LogP contribution < -0.4 is 15.1 Å². The summed E-state index contributed by atoms with van der Waals surface area (Å²) in [4.78, 5) is 17.1. The highest BCUT2D eigenvalue weighted by Crippen LogP contribution is 2.27. The van der Waals surface area contributed by atoms with Crippen LogP contribution in [0.3, 0.4) is 0 Å². The van der Waals surface area contributed by atoms with Crippen LogP contribution in [0.2, 0.25) is 0 Å². The third kappa shape index (κ3) is 5.17. The molecule has 0 bridgehead atoms. The van der Waals surface area contributed by atoms with E-state index in [2.05, 4.69) is 14.4 Å². The number of thiophene rings is 1. The van der Waals surface area contributed by atoms with Gasteiger partial charge in [0.1, 0.15) is 9.96 Å². The molecule has 9 nitrogen and oxygen atoms in total. The Bertz CT molecular complexity index is 1510. The number of imidazole rings is 1. The summed E-state index contributed by atoms with van der Waals surface area (Å²) >= 11 is 1.04. The van der Waals surface area contributed by atoms with Crippen molar-refractivity contribution in [2.24, 2.45) is 0 Å². The number of aromatic hydroxyl groups is 1. The van der Waals surface area contributed by atoms with Crippen molar-refractivity contribution in [3.63, 3.8) is 0 Å². The summed E-state index contributed by atoms with van der Waals surface area (Å²) < 4.78 is 71.0. The normalized spacial score (nSPS) is 12.0. The molecule has 0 saturated heterocycles. The van der Waals surface area contributed by atoms with Crippen LogP contribution in [0.15, 0.2) is 69.2 Å². The molecule has 0 unspecified atom stereocenters. The number of pyridine rings is 1. The summed E-state index contributed by atoms with van der Waals surface area (Å²) in [5.74, 6) is -0.904. The van der Waals surface area contributed by atoms with Gasteiger partial charge < -0.3 is 9.84 Å². The summed E-state index contributed by atoms with van der Waals surface area (Å²) in [7, 11) is -3.87. The van der Waals surface area contributed by atoms with E-state index in [-0.39, 0.29) is 27.8 Å². The van der Waals surface area contributed by atoms with Crippen molar-refractivity contribution < 1.29 is 31.4 Å². The summed E-state index contributed by atoms with van der Waals surface area (Å²) in [6.07, 6.45) is -2.14. The highest BCUT2D eigenvalue weighted by molar-refractivity contribution is 7.94. The van der Waals surface area contributed by atoms with Crippen LogP contribution in [0, 0.1) is 6.92 Å². The second-order valence-corrected chi connectivity index (χ2v) is 10.1. The molecule has 35 heavy (non-hydrogen) atoms. The minimum absolute atomic E-state index is 0.0994. The lowest BCUT2D eigenvalue weighted by Crippen LogP contribution is -2.25. The first-order valence-corrected chi connectivity index (χ1v) is 12.2. The summed E-state index contributed by atoms with van der Waals surface area (Å²) in [6.45, 7) is 1.36. The zero-order valence-electron chi connectivity index (χ0n) is 17.9. The van der Waals surface area contributed by atoms with Crippen LogP contribution in [-0.4, -0.2) is 34.0 Å². The fourth-order valence-electron chi connectivity index (χ4n) is 3.29. The van der Waals surface area contributed by atoms with Crippen molar-refractivity contribution in [1.82, 2.24) is 14.1 Å². The van der Waals surface area contributed by atoms with Gasteiger partial charge in [-0.05, 0) is 54.3 Å². The molecular weight excluding hydrogens is 509 g/mol. The van der Waals surface area contributed by atoms with Crippen LogP contribution in [0.1, 0.15) is 11.3 Å². The molecular formula is C21H17F3N4O5S2. The van der Waals surface area contributed by atoms with Gasteiger partial charge in [0.2, 0.25) is 5.88 Å². The molecule has 0 aliphatic rings. The highest BCUT2D eigenvalue weighted by atomic mass is 32.2. The molecule has 4 rings (SSSR count). The fourth-order valence-corrected chi connectivity index (χ4v) is 5.37. The topological polar surface area (TPSA) is 115 Å². The van der Waals surface area contributed by atoms with Crippen LogP contribution in [-0.2, 0) is 16.6 Å². The van der Waals surface area contributed by atoms with Gasteiger partial charge in [-0.25, -0.2) is 17.8 Å². The molecule has 0 amide bonds. The second kappa shape index (κ2) is 9.11. The van der Waals surface area contributed by atoms with Crippen molar-refractivity contribution in [3.05, 3.63) is 82.0 Å². The molecule has 14 heteroatoms. The number of alkyl halides is 3. The maximum Gasteiger partial charge on any atom is 0.573 e. The molecule has 1 aromatic carbocycles. The lowest BCUT2D eigenvalue weighted by molar-refractivity contribution is -0.274. The molecule has 0 radical (unpaired) electrons. The van der Waals surface area contributed by atoms with Crippen LogP contribution in [0.5, 0.6) is 11.6 Å². The molecule has 0 atom stereocenters. The Morgan fingerprint density at radius 3 is 2.51 bits per heavy atom. The number of halogens is 3. The second-order valence-electron chi connectivity index (χ2n) is 7.23. The third-order valence-electron chi connectivity index (χ3n) is 4.94. The average molecular weight is 527 g/mol. The molecule has 0 aliphatic heterocycles. The first-order chi connectivity index (χ1) is 16.5. The van der Waals surface area contributed by atoms with Crippen LogP contribution in [0.25, 0.3) is 5.69 Å². The lowest BCUT2D eigenvalue weighted by Gasteiger charge is -2.12. The Morgan fingerprint density at radius 2 is 1.89 bits per heavy atom. The van der Waals surface area contributed by atoms with Gasteiger partial charge in [-0.1, -0.05) is 6.07 Å². The van der Waals surface area contributed by atoms with Gasteiger partial charge >= 0.3 is 12.1 Å². The Kier molecular flexibility index (Phi) is 6.34. The van der Waals surface area contributed by atoms with E-state index in [1.165, 1.54) is 48.1 Å². The van der Waals surface area contributed by atoms with E-state index < -0.39 is 33.7 Å². The maximum atomic E-state index is 13.1. The van der Waals surface area contributed by atoms with Gasteiger partial charge in [0.15, 0.2) is 0 Å². The number of aromatic nitrogens is 3. The van der Waals surface area contributed by atoms with Crippen molar-refractivity contribution in [2.75, 3.05) is 4.72 Å². The van der Waals surface area contributed by atoms with Gasteiger partial charge in [0.05, 0.1) is 29.8 Å². The first-order valence-electron chi connectivity index (χ1n) is 9.83. The minimum Gasteiger partial charge on any atom is -0.493 e. The summed E-state index contributed by atoms with van der Waals surface area (Å²) in [5, 5.41) is 12.2. The zero-order valence-corrected chi connectivity index (χ0v) is 19.5. The molecule has 0 fully saturated rings. The van der Waals surface area contributed by atoms with E-state index in [1.807, 2.05) is 0 Å². The number of hydrogen-bond acceptors (Lipinski definition) is 7. The van der Waals surface area contributed by atoms with Gasteiger partial charge in [0, 0.05) is 6.20 Å². The lowest BCUT2D eigenvalue weighted by atomic mass is 10.2. The quantitative estimate of drug-likeness (QED) is 0.378. The molecule has 0 aliphatic carbocycles. The summed E-state index contributed by atoms with van der Waals surface area (Å²) in [5.41, 5.74) is 0.129. The molecule has 0 saturated carbocycles. The number of ether oxygens (including phenoxy) is 1. The Morgan fingerprint density at radius 1 is 1.17 bits per heavy atom. The average Bonchev–Trinajstić information content (AvgIpc) is 3.40. The van der Waals surface area contributed by atoms with Crippen molar-refractivity contribution in [1.29, 1.82) is 0 Å². The fraction of sp³-hybridized carbons (Fsp3) is 0.143. The third-order valence-corrected chi connectivity index (χ3v) is 7.70. The van der Waals surface area contributed by atoms with Crippen molar-refractivity contribution >= 4 is 27.0 Å². The van der Waals surface area contributed by atoms with Gasteiger partial charge in [0.25, 0.3) is 10.0 Å². The molecule has 184 valence electrons. The number of hydrogen-bond donors (Lipinski definition) is 2. The van der Waals surface area contributed by atoms with Gasteiger partial charge in [-0.15, -0.1) is 24.5 Å². The number of nitrogens with one attached hydrogen (secondary N) is 1. The van der Waals surface area contributed by atoms with Crippen LogP contribution in [0.4, 0.5) is 18.9 Å². The first kappa shape index (κ1) is 24.3. The monoisotopic (exact) mass is 526 g/mol. The molecule has 2 N–H and O–H groups in total. The van der Waals surface area contributed by atoms with E-state index in [0.717, 1.165) is 28.0 Å². The highest BCUT2D eigenvalue weighted by Gasteiger charge is 2.31. The number of rotatable bonds is 7. The number of benzene rings is 1. The molecule has 4 aromatic rings. The largest absolute Gasteiger partial charge is 0.573 e. The zero-order chi connectivity index (χ0) is 25.4. The number of anilines is 1. The van der Waals surface area contributed by atoms with Crippen LogP contribution >= 0.6 is 11.3 Å². The van der Waals surface area contributed by atoms with E-state index >= 15 is 0 Å². The van der Waals surface area contributed by atoms with Gasteiger partial charge in [-0.2, -0.15) is 0 Å². The van der Waals surface area contributed by atoms with Crippen molar-refractivity contribution in [2.45, 2.75) is 24.0 Å². The van der Waals surface area contributed by atoms with E-state index in [0.29, 0.717) is 5.56 Å². The summed E-state index contributed by atoms with van der Waals surface area (Å²) in [6, 6.07) is 8.98. The minimum atomic E-state index is -4.87. The van der Waals surface area contributed by atoms with E-state index in [9.17, 15) is 31.5 Å². The standard InChI is InChI=1S/C21H17F3N4O5S2/c1-13-19(29)28(15-4-6-16(7-5-15)33-21(22,23)24)20(30)27(13)12-14-8-9-25-11-17(14)26-35(31,32)18-3-2-10-34-18/h2-11,26,29H,12H2,1H3. The maximum absolute atomic E-state index is 13.1. The predicted molar refractivity (Wildman–Crippen MR) is 122 cm³/mol. The SMILES string of the molecule is Cc1c(O)n(-c2ccc(OC(F)(F)F)cc2)c(=O)n1Cc1ccncc1NS(=O)(=O)c1cccs1.